The molecule has 0 saturated carbocycles. The van der Waals surface area contributed by atoms with Gasteiger partial charge in [0.1, 0.15) is 6.04 Å². The van der Waals surface area contributed by atoms with Crippen LogP contribution in [0.15, 0.2) is 48.5 Å². The molecule has 0 aliphatic carbocycles. The van der Waals surface area contributed by atoms with Crippen molar-refractivity contribution in [2.75, 3.05) is 0 Å². The van der Waals surface area contributed by atoms with Gasteiger partial charge < -0.3 is 9.47 Å². The first-order valence-electron chi connectivity index (χ1n) is 8.66. The second-order valence-corrected chi connectivity index (χ2v) is 6.78. The van der Waals surface area contributed by atoms with E-state index in [1.165, 1.54) is 6.07 Å². The molecule has 2 heterocycles. The molecule has 1 unspecified atom stereocenters. The Kier molecular flexibility index (Phi) is 4.53. The fourth-order valence-corrected chi connectivity index (χ4v) is 3.59. The Bertz CT molecular complexity index is 847. The summed E-state index contributed by atoms with van der Waals surface area (Å²) in [6, 6.07) is 12.0. The van der Waals surface area contributed by atoms with E-state index in [-0.39, 0.29) is 12.3 Å². The van der Waals surface area contributed by atoms with Gasteiger partial charge in [0, 0.05) is 18.7 Å². The minimum absolute atomic E-state index is 0.210. The number of alkyl halides is 3. The number of fused-ring (bicyclic) bond motifs is 1. The summed E-state index contributed by atoms with van der Waals surface area (Å²) in [5, 5.41) is 0. The van der Waals surface area contributed by atoms with Crippen molar-refractivity contribution < 1.29 is 27.4 Å². The summed E-state index contributed by atoms with van der Waals surface area (Å²) in [5.74, 6) is -0.280. The van der Waals surface area contributed by atoms with Crippen molar-refractivity contribution in [2.24, 2.45) is 0 Å². The van der Waals surface area contributed by atoms with Crippen LogP contribution in [0, 0.1) is 0 Å². The normalized spacial score (nSPS) is 25.8. The summed E-state index contributed by atoms with van der Waals surface area (Å²) in [4.78, 5) is 14.9. The van der Waals surface area contributed by atoms with Gasteiger partial charge in [-0.05, 0) is 30.2 Å². The van der Waals surface area contributed by atoms with Crippen LogP contribution in [-0.2, 0) is 28.7 Å². The van der Waals surface area contributed by atoms with Crippen molar-refractivity contribution in [1.82, 2.24) is 4.90 Å². The molecule has 0 spiro atoms. The first kappa shape index (κ1) is 18.2. The molecule has 142 valence electrons. The van der Waals surface area contributed by atoms with Gasteiger partial charge in [-0.3, -0.25) is 9.69 Å². The van der Waals surface area contributed by atoms with Gasteiger partial charge in [0.2, 0.25) is 0 Å². The fourth-order valence-electron chi connectivity index (χ4n) is 3.59. The molecule has 0 N–H and O–H groups in total. The second kappa shape index (κ2) is 6.74. The van der Waals surface area contributed by atoms with Gasteiger partial charge in [-0.1, -0.05) is 36.4 Å². The molecule has 2 aliphatic rings. The third-order valence-electron chi connectivity index (χ3n) is 4.87. The predicted octanol–water partition coefficient (Wildman–Crippen LogP) is 3.99. The van der Waals surface area contributed by atoms with Crippen molar-refractivity contribution in [1.29, 1.82) is 0 Å². The Morgan fingerprint density at radius 3 is 2.44 bits per heavy atom. The van der Waals surface area contributed by atoms with Gasteiger partial charge in [0.25, 0.3) is 0 Å². The number of benzene rings is 2. The van der Waals surface area contributed by atoms with E-state index >= 15 is 0 Å². The minimum atomic E-state index is -4.45. The first-order valence-corrected chi connectivity index (χ1v) is 8.66. The van der Waals surface area contributed by atoms with Crippen LogP contribution < -0.4 is 0 Å². The van der Waals surface area contributed by atoms with Crippen molar-refractivity contribution in [2.45, 2.75) is 44.8 Å². The fraction of sp³-hybridized carbons (Fsp3) is 0.350. The molecule has 0 bridgehead atoms. The zero-order valence-corrected chi connectivity index (χ0v) is 14.6. The van der Waals surface area contributed by atoms with E-state index in [0.717, 1.165) is 17.7 Å². The molecule has 7 heteroatoms. The van der Waals surface area contributed by atoms with Gasteiger partial charge in [-0.2, -0.15) is 13.2 Å². The number of nitrogens with zero attached hydrogens (tertiary/aromatic N) is 1. The smallest absolute Gasteiger partial charge is 0.322 e. The van der Waals surface area contributed by atoms with Crippen LogP contribution in [0.25, 0.3) is 0 Å². The molecule has 2 aromatic rings. The van der Waals surface area contributed by atoms with Gasteiger partial charge in [0.05, 0.1) is 5.56 Å². The maximum absolute atomic E-state index is 13.1. The van der Waals surface area contributed by atoms with Gasteiger partial charge in [0.15, 0.2) is 18.4 Å². The first-order chi connectivity index (χ1) is 12.8. The Labute approximate surface area is 154 Å². The summed E-state index contributed by atoms with van der Waals surface area (Å²) >= 11 is 0. The highest BCUT2D eigenvalue weighted by Crippen LogP contribution is 2.36. The Balaban J connectivity index is 1.69. The van der Waals surface area contributed by atoms with E-state index < -0.39 is 30.4 Å². The molecule has 27 heavy (non-hydrogen) atoms. The number of Topliss-reactive ketones (excluding diaryl/α,β-unsaturated/α-hetero) is 1. The van der Waals surface area contributed by atoms with Crippen LogP contribution in [0.5, 0.6) is 0 Å². The van der Waals surface area contributed by atoms with E-state index in [9.17, 15) is 18.0 Å². The largest absolute Gasteiger partial charge is 0.416 e. The number of ketones is 1. The lowest BCUT2D eigenvalue weighted by atomic mass is 9.90. The van der Waals surface area contributed by atoms with Crippen LogP contribution in [0.4, 0.5) is 13.2 Å². The lowest BCUT2D eigenvalue weighted by Gasteiger charge is -2.45. The van der Waals surface area contributed by atoms with Gasteiger partial charge in [-0.15, -0.1) is 0 Å². The monoisotopic (exact) mass is 377 g/mol. The number of rotatable bonds is 3. The maximum atomic E-state index is 13.1. The molecule has 4 rings (SSSR count). The maximum Gasteiger partial charge on any atom is 0.416 e. The molecule has 2 aromatic carbocycles. The zero-order valence-electron chi connectivity index (χ0n) is 14.6. The van der Waals surface area contributed by atoms with E-state index in [1.807, 2.05) is 35.2 Å². The van der Waals surface area contributed by atoms with Crippen LogP contribution >= 0.6 is 0 Å². The van der Waals surface area contributed by atoms with E-state index in [1.54, 1.807) is 6.92 Å². The lowest BCUT2D eigenvalue weighted by molar-refractivity contribution is -0.386. The van der Waals surface area contributed by atoms with Crippen molar-refractivity contribution in [3.63, 3.8) is 0 Å². The number of carbonyl (C=O) groups is 1. The molecule has 1 saturated heterocycles. The Hall–Kier alpha value is -2.22. The van der Waals surface area contributed by atoms with Crippen molar-refractivity contribution in [3.8, 4) is 0 Å². The lowest BCUT2D eigenvalue weighted by Crippen LogP contribution is -2.58. The molecule has 0 radical (unpaired) electrons. The van der Waals surface area contributed by atoms with E-state index in [2.05, 4.69) is 0 Å². The van der Waals surface area contributed by atoms with Crippen LogP contribution in [0.1, 0.15) is 34.0 Å². The van der Waals surface area contributed by atoms with Crippen molar-refractivity contribution >= 4 is 5.78 Å². The average molecular weight is 377 g/mol. The molecule has 2 aliphatic heterocycles. The van der Waals surface area contributed by atoms with Crippen LogP contribution in [0.2, 0.25) is 0 Å². The number of hydrogen-bond acceptors (Lipinski definition) is 4. The summed E-state index contributed by atoms with van der Waals surface area (Å²) in [6.07, 6.45) is -5.56. The number of hydrogen-bond donors (Lipinski definition) is 0. The quantitative estimate of drug-likeness (QED) is 0.811. The molecule has 0 aromatic heterocycles. The SMILES string of the molecule is CC1OC(C2C(=O)c3ccc(C(F)(F)F)cc3CN2Cc2ccccc2)O1. The molecular weight excluding hydrogens is 359 g/mol. The van der Waals surface area contributed by atoms with Gasteiger partial charge in [-0.25, -0.2) is 0 Å². The second-order valence-electron chi connectivity index (χ2n) is 6.78. The summed E-state index contributed by atoms with van der Waals surface area (Å²) in [7, 11) is 0. The molecule has 1 fully saturated rings. The zero-order chi connectivity index (χ0) is 19.2. The minimum Gasteiger partial charge on any atom is -0.322 e. The highest BCUT2D eigenvalue weighted by atomic mass is 19.4. The molecule has 1 atom stereocenters. The van der Waals surface area contributed by atoms with E-state index in [4.69, 9.17) is 9.47 Å². The topological polar surface area (TPSA) is 38.8 Å². The highest BCUT2D eigenvalue weighted by Gasteiger charge is 2.46. The van der Waals surface area contributed by atoms with E-state index in [0.29, 0.717) is 17.7 Å². The molecular formula is C20H18F3NO3. The summed E-state index contributed by atoms with van der Waals surface area (Å²) in [5.41, 5.74) is 0.869. The number of carbonyl (C=O) groups excluding carboxylic acids is 1. The average Bonchev–Trinajstić information content (AvgIpc) is 2.60. The standard InChI is InChI=1S/C20H18F3NO3/c1-12-26-19(27-12)17-18(25)16-8-7-15(20(21,22)23)9-14(16)11-24(17)10-13-5-3-2-4-6-13/h2-9,12,17,19H,10-11H2,1H3. The van der Waals surface area contributed by atoms with Crippen LogP contribution in [-0.4, -0.2) is 29.3 Å². The predicted molar refractivity (Wildman–Crippen MR) is 90.7 cm³/mol. The van der Waals surface area contributed by atoms with Gasteiger partial charge >= 0.3 is 6.18 Å². The molecule has 0 amide bonds. The summed E-state index contributed by atoms with van der Waals surface area (Å²) in [6.45, 7) is 2.35. The third-order valence-corrected chi connectivity index (χ3v) is 4.87. The third kappa shape index (κ3) is 3.50. The highest BCUT2D eigenvalue weighted by molar-refractivity contribution is 6.02. The Morgan fingerprint density at radius 2 is 1.81 bits per heavy atom. The Morgan fingerprint density at radius 1 is 1.11 bits per heavy atom. The van der Waals surface area contributed by atoms with Crippen molar-refractivity contribution in [3.05, 3.63) is 70.8 Å². The number of halogens is 3. The van der Waals surface area contributed by atoms with Crippen LogP contribution in [0.3, 0.4) is 0 Å². The number of ether oxygens (including phenoxy) is 2. The summed E-state index contributed by atoms with van der Waals surface area (Å²) < 4.78 is 50.3. The molecule has 4 nitrogen and oxygen atoms in total.